The van der Waals surface area contributed by atoms with E-state index in [9.17, 15) is 8.42 Å². The minimum absolute atomic E-state index is 0.233. The van der Waals surface area contributed by atoms with E-state index in [0.29, 0.717) is 5.02 Å². The van der Waals surface area contributed by atoms with E-state index in [2.05, 4.69) is 9.88 Å². The van der Waals surface area contributed by atoms with Gasteiger partial charge in [-0.05, 0) is 56.2 Å². The van der Waals surface area contributed by atoms with Gasteiger partial charge in [0.05, 0.1) is 16.1 Å². The van der Waals surface area contributed by atoms with Gasteiger partial charge in [0.2, 0.25) is 9.84 Å². The average Bonchev–Trinajstić information content (AvgIpc) is 3.15. The molecule has 1 aromatic heterocycles. The third-order valence-electron chi connectivity index (χ3n) is 4.80. The van der Waals surface area contributed by atoms with Crippen LogP contribution in [0.2, 0.25) is 5.02 Å². The fourth-order valence-electron chi connectivity index (χ4n) is 3.48. The molecule has 0 saturated carbocycles. The summed E-state index contributed by atoms with van der Waals surface area (Å²) < 4.78 is 26.7. The Morgan fingerprint density at radius 2 is 1.73 bits per heavy atom. The van der Waals surface area contributed by atoms with E-state index in [1.165, 1.54) is 6.20 Å². The van der Waals surface area contributed by atoms with Crippen molar-refractivity contribution in [3.8, 4) is 0 Å². The first kappa shape index (κ1) is 17.3. The molecule has 1 saturated heterocycles. The number of hydrogen-bond acceptors (Lipinski definition) is 4. The predicted molar refractivity (Wildman–Crippen MR) is 105 cm³/mol. The molecular formula is C20H19ClN2O2S. The van der Waals surface area contributed by atoms with Gasteiger partial charge in [0, 0.05) is 29.7 Å². The van der Waals surface area contributed by atoms with Gasteiger partial charge < -0.3 is 4.90 Å². The van der Waals surface area contributed by atoms with E-state index in [4.69, 9.17) is 11.6 Å². The Kier molecular flexibility index (Phi) is 4.37. The monoisotopic (exact) mass is 386 g/mol. The van der Waals surface area contributed by atoms with E-state index < -0.39 is 9.84 Å². The van der Waals surface area contributed by atoms with Crippen molar-refractivity contribution in [3.05, 3.63) is 59.2 Å². The van der Waals surface area contributed by atoms with Crippen LogP contribution in [0.3, 0.4) is 0 Å². The van der Waals surface area contributed by atoms with Crippen molar-refractivity contribution in [1.82, 2.24) is 4.98 Å². The minimum atomic E-state index is -3.69. The second-order valence-electron chi connectivity index (χ2n) is 6.64. The highest BCUT2D eigenvalue weighted by Crippen LogP contribution is 2.37. The number of hydrogen-bond donors (Lipinski definition) is 0. The van der Waals surface area contributed by atoms with E-state index in [0.717, 1.165) is 48.1 Å². The summed E-state index contributed by atoms with van der Waals surface area (Å²) in [5, 5.41) is 1.40. The number of rotatable bonds is 3. The third kappa shape index (κ3) is 2.95. The maximum atomic E-state index is 13.3. The van der Waals surface area contributed by atoms with Gasteiger partial charge in [-0.25, -0.2) is 8.42 Å². The zero-order valence-corrected chi connectivity index (χ0v) is 16.0. The molecule has 0 spiro atoms. The highest BCUT2D eigenvalue weighted by Gasteiger charge is 2.28. The lowest BCUT2D eigenvalue weighted by molar-refractivity contribution is 0.595. The van der Waals surface area contributed by atoms with Crippen LogP contribution in [0.4, 0.5) is 5.69 Å². The first-order valence-electron chi connectivity index (χ1n) is 8.62. The molecular weight excluding hydrogens is 368 g/mol. The quantitative estimate of drug-likeness (QED) is 0.658. The number of fused-ring (bicyclic) bond motifs is 1. The van der Waals surface area contributed by atoms with E-state index >= 15 is 0 Å². The van der Waals surface area contributed by atoms with Gasteiger partial charge in [-0.15, -0.1) is 0 Å². The summed E-state index contributed by atoms with van der Waals surface area (Å²) in [6.07, 6.45) is 3.63. The van der Waals surface area contributed by atoms with Crippen molar-refractivity contribution >= 4 is 38.0 Å². The van der Waals surface area contributed by atoms with Crippen LogP contribution < -0.4 is 4.90 Å². The van der Waals surface area contributed by atoms with Gasteiger partial charge in [-0.2, -0.15) is 0 Å². The molecule has 0 unspecified atom stereocenters. The maximum Gasteiger partial charge on any atom is 0.210 e. The summed E-state index contributed by atoms with van der Waals surface area (Å²) in [6.45, 7) is 3.72. The topological polar surface area (TPSA) is 50.3 Å². The highest BCUT2D eigenvalue weighted by atomic mass is 35.5. The van der Waals surface area contributed by atoms with Gasteiger partial charge in [0.15, 0.2) is 0 Å². The lowest BCUT2D eigenvalue weighted by Gasteiger charge is -2.23. The smallest absolute Gasteiger partial charge is 0.210 e. The molecule has 2 aromatic carbocycles. The van der Waals surface area contributed by atoms with Crippen LogP contribution in [0.15, 0.2) is 58.5 Å². The Balaban J connectivity index is 1.99. The molecule has 2 heterocycles. The van der Waals surface area contributed by atoms with Crippen molar-refractivity contribution in [3.63, 3.8) is 0 Å². The fourth-order valence-corrected chi connectivity index (χ4v) is 5.04. The lowest BCUT2D eigenvalue weighted by atomic mass is 10.1. The van der Waals surface area contributed by atoms with Crippen LogP contribution in [-0.4, -0.2) is 26.5 Å². The SMILES string of the molecule is Cc1ccc2ncc(S(=O)(=O)c3ccc(Cl)cc3)c(N3CCCC3)c2c1. The van der Waals surface area contributed by atoms with E-state index in [-0.39, 0.29) is 9.79 Å². The van der Waals surface area contributed by atoms with Gasteiger partial charge in [-0.1, -0.05) is 23.2 Å². The lowest BCUT2D eigenvalue weighted by Crippen LogP contribution is -2.21. The number of aryl methyl sites for hydroxylation is 1. The number of anilines is 1. The zero-order chi connectivity index (χ0) is 18.3. The van der Waals surface area contributed by atoms with Crippen molar-refractivity contribution in [2.24, 2.45) is 0 Å². The van der Waals surface area contributed by atoms with Crippen LogP contribution in [-0.2, 0) is 9.84 Å². The largest absolute Gasteiger partial charge is 0.370 e. The Labute approximate surface area is 158 Å². The standard InChI is InChI=1S/C20H19ClN2O2S/c1-14-4-9-18-17(12-14)20(23-10-2-3-11-23)19(13-22-18)26(24,25)16-7-5-15(21)6-8-16/h4-9,12-13H,2-3,10-11H2,1H3. The molecule has 0 bridgehead atoms. The predicted octanol–water partition coefficient (Wildman–Crippen LogP) is 4.63. The van der Waals surface area contributed by atoms with Crippen LogP contribution in [0.1, 0.15) is 18.4 Å². The molecule has 1 aliphatic rings. The van der Waals surface area contributed by atoms with Crippen molar-refractivity contribution in [1.29, 1.82) is 0 Å². The van der Waals surface area contributed by atoms with Gasteiger partial charge in [-0.3, -0.25) is 4.98 Å². The summed E-state index contributed by atoms with van der Waals surface area (Å²) in [7, 11) is -3.69. The normalized spacial score (nSPS) is 14.9. The second-order valence-corrected chi connectivity index (χ2v) is 9.00. The number of benzene rings is 2. The summed E-state index contributed by atoms with van der Waals surface area (Å²) >= 11 is 5.92. The first-order chi connectivity index (χ1) is 12.5. The van der Waals surface area contributed by atoms with Gasteiger partial charge >= 0.3 is 0 Å². The third-order valence-corrected chi connectivity index (χ3v) is 6.82. The Hall–Kier alpha value is -2.11. The molecule has 0 aliphatic carbocycles. The summed E-state index contributed by atoms with van der Waals surface area (Å²) in [6, 6.07) is 12.3. The number of aromatic nitrogens is 1. The molecule has 4 rings (SSSR count). The van der Waals surface area contributed by atoms with Crippen molar-refractivity contribution in [2.75, 3.05) is 18.0 Å². The fraction of sp³-hybridized carbons (Fsp3) is 0.250. The van der Waals surface area contributed by atoms with Crippen LogP contribution >= 0.6 is 11.6 Å². The summed E-state index contributed by atoms with van der Waals surface area (Å²) in [5.74, 6) is 0. The number of sulfone groups is 1. The first-order valence-corrected chi connectivity index (χ1v) is 10.5. The van der Waals surface area contributed by atoms with Gasteiger partial charge in [0.25, 0.3) is 0 Å². The van der Waals surface area contributed by atoms with Crippen LogP contribution in [0, 0.1) is 6.92 Å². The maximum absolute atomic E-state index is 13.3. The molecule has 3 aromatic rings. The van der Waals surface area contributed by atoms with Crippen molar-refractivity contribution in [2.45, 2.75) is 29.6 Å². The van der Waals surface area contributed by atoms with Crippen LogP contribution in [0.25, 0.3) is 10.9 Å². The average molecular weight is 387 g/mol. The zero-order valence-electron chi connectivity index (χ0n) is 14.4. The van der Waals surface area contributed by atoms with E-state index in [1.54, 1.807) is 24.3 Å². The number of nitrogens with zero attached hydrogens (tertiary/aromatic N) is 2. The second kappa shape index (κ2) is 6.56. The molecule has 1 aliphatic heterocycles. The highest BCUT2D eigenvalue weighted by molar-refractivity contribution is 7.91. The summed E-state index contributed by atoms with van der Waals surface area (Å²) in [4.78, 5) is 7.10. The molecule has 0 amide bonds. The number of pyridine rings is 1. The Morgan fingerprint density at radius 3 is 2.42 bits per heavy atom. The molecule has 0 atom stereocenters. The van der Waals surface area contributed by atoms with Crippen molar-refractivity contribution < 1.29 is 8.42 Å². The number of halogens is 1. The summed E-state index contributed by atoms with van der Waals surface area (Å²) in [5.41, 5.74) is 2.67. The Bertz CT molecular complexity index is 1070. The molecule has 0 radical (unpaired) electrons. The van der Waals surface area contributed by atoms with Gasteiger partial charge in [0.1, 0.15) is 4.90 Å². The molecule has 134 valence electrons. The Morgan fingerprint density at radius 1 is 1.04 bits per heavy atom. The molecule has 0 N–H and O–H groups in total. The minimum Gasteiger partial charge on any atom is -0.370 e. The molecule has 4 nitrogen and oxygen atoms in total. The van der Waals surface area contributed by atoms with E-state index in [1.807, 2.05) is 25.1 Å². The molecule has 26 heavy (non-hydrogen) atoms. The molecule has 1 fully saturated rings. The molecule has 6 heteroatoms. The van der Waals surface area contributed by atoms with Crippen LogP contribution in [0.5, 0.6) is 0 Å².